The summed E-state index contributed by atoms with van der Waals surface area (Å²) in [7, 11) is 2.12. The number of nitrogens with one attached hydrogen (secondary N) is 1. The van der Waals surface area contributed by atoms with Gasteiger partial charge in [0, 0.05) is 25.8 Å². The molecule has 1 aromatic rings. The quantitative estimate of drug-likeness (QED) is 0.797. The lowest BCUT2D eigenvalue weighted by Gasteiger charge is -2.36. The fraction of sp³-hybridized carbons (Fsp3) is 0.688. The molecule has 1 heterocycles. The third-order valence-electron chi connectivity index (χ3n) is 3.76. The molecule has 0 aliphatic rings. The van der Waals surface area contributed by atoms with E-state index in [1.54, 1.807) is 0 Å². The van der Waals surface area contributed by atoms with Gasteiger partial charge in [0.05, 0.1) is 0 Å². The Morgan fingerprint density at radius 3 is 2.47 bits per heavy atom. The van der Waals surface area contributed by atoms with Crippen molar-refractivity contribution in [2.24, 2.45) is 5.41 Å². The van der Waals surface area contributed by atoms with Crippen LogP contribution in [0.3, 0.4) is 0 Å². The summed E-state index contributed by atoms with van der Waals surface area (Å²) >= 11 is 0. The van der Waals surface area contributed by atoms with Crippen molar-refractivity contribution in [2.45, 2.75) is 53.6 Å². The molecule has 0 spiro atoms. The van der Waals surface area contributed by atoms with E-state index in [-0.39, 0.29) is 5.41 Å². The lowest BCUT2D eigenvalue weighted by Crippen LogP contribution is -2.39. The normalized spacial score (nSPS) is 13.4. The predicted molar refractivity (Wildman–Crippen MR) is 83.6 cm³/mol. The van der Waals surface area contributed by atoms with Crippen LogP contribution >= 0.6 is 0 Å². The second-order valence-corrected chi connectivity index (χ2v) is 6.35. The molecule has 3 nitrogen and oxygen atoms in total. The Balaban J connectivity index is 2.65. The summed E-state index contributed by atoms with van der Waals surface area (Å²) in [5.41, 5.74) is 1.49. The molecule has 0 amide bonds. The van der Waals surface area contributed by atoms with Gasteiger partial charge in [-0.15, -0.1) is 0 Å². The van der Waals surface area contributed by atoms with Gasteiger partial charge >= 0.3 is 0 Å². The van der Waals surface area contributed by atoms with E-state index in [9.17, 15) is 0 Å². The second-order valence-electron chi connectivity index (χ2n) is 6.35. The summed E-state index contributed by atoms with van der Waals surface area (Å²) in [6.07, 6.45) is 3.14. The molecule has 1 aromatic heterocycles. The zero-order chi connectivity index (χ0) is 14.5. The Kier molecular flexibility index (Phi) is 5.80. The number of hydrogen-bond acceptors (Lipinski definition) is 3. The van der Waals surface area contributed by atoms with Crippen LogP contribution in [0, 0.1) is 5.41 Å². The molecule has 1 N–H and O–H groups in total. The lowest BCUT2D eigenvalue weighted by molar-refractivity contribution is 0.328. The smallest absolute Gasteiger partial charge is 0.128 e. The molecule has 1 atom stereocenters. The van der Waals surface area contributed by atoms with Crippen LogP contribution in [0.15, 0.2) is 18.3 Å². The molecule has 108 valence electrons. The van der Waals surface area contributed by atoms with Crippen molar-refractivity contribution in [3.63, 3.8) is 0 Å². The van der Waals surface area contributed by atoms with Crippen molar-refractivity contribution < 1.29 is 0 Å². The zero-order valence-corrected chi connectivity index (χ0v) is 13.3. The first-order valence-corrected chi connectivity index (χ1v) is 7.24. The highest BCUT2D eigenvalue weighted by Crippen LogP contribution is 2.26. The van der Waals surface area contributed by atoms with E-state index >= 15 is 0 Å². The fourth-order valence-electron chi connectivity index (χ4n) is 1.92. The van der Waals surface area contributed by atoms with Crippen molar-refractivity contribution in [1.29, 1.82) is 0 Å². The third-order valence-corrected chi connectivity index (χ3v) is 3.76. The molecule has 0 aromatic carbocycles. The Labute approximate surface area is 118 Å². The summed E-state index contributed by atoms with van der Waals surface area (Å²) in [6, 6.07) is 4.73. The molecule has 0 aliphatic heterocycles. The Morgan fingerprint density at radius 1 is 1.32 bits per heavy atom. The lowest BCUT2D eigenvalue weighted by atomic mass is 9.87. The average Bonchev–Trinajstić information content (AvgIpc) is 2.37. The standard InChI is InChI=1S/C16H29N3/c1-7-10-17-11-14-8-9-15(18-12-14)19(6)13(2)16(3,4)5/h8-9,12-13,17H,7,10-11H2,1-6H3. The predicted octanol–water partition coefficient (Wildman–Crippen LogP) is 3.45. The van der Waals surface area contributed by atoms with Gasteiger partial charge < -0.3 is 10.2 Å². The fourth-order valence-corrected chi connectivity index (χ4v) is 1.92. The number of anilines is 1. The highest BCUT2D eigenvalue weighted by atomic mass is 15.2. The number of hydrogen-bond donors (Lipinski definition) is 1. The topological polar surface area (TPSA) is 28.2 Å². The summed E-state index contributed by atoms with van der Waals surface area (Å²) in [5.74, 6) is 1.04. The van der Waals surface area contributed by atoms with Gasteiger partial charge in [-0.2, -0.15) is 0 Å². The number of aromatic nitrogens is 1. The maximum atomic E-state index is 4.58. The molecule has 0 fully saturated rings. The largest absolute Gasteiger partial charge is 0.356 e. The maximum absolute atomic E-state index is 4.58. The minimum atomic E-state index is 0.248. The van der Waals surface area contributed by atoms with Crippen LogP contribution in [0.5, 0.6) is 0 Å². The molecular formula is C16H29N3. The highest BCUT2D eigenvalue weighted by Gasteiger charge is 2.24. The SMILES string of the molecule is CCCNCc1ccc(N(C)C(C)C(C)(C)C)nc1. The highest BCUT2D eigenvalue weighted by molar-refractivity contribution is 5.39. The number of rotatable bonds is 6. The summed E-state index contributed by atoms with van der Waals surface area (Å²) in [4.78, 5) is 6.83. The monoisotopic (exact) mass is 263 g/mol. The minimum Gasteiger partial charge on any atom is -0.356 e. The van der Waals surface area contributed by atoms with Crippen molar-refractivity contribution in [3.05, 3.63) is 23.9 Å². The van der Waals surface area contributed by atoms with E-state index in [1.807, 2.05) is 6.20 Å². The van der Waals surface area contributed by atoms with Crippen LogP contribution in [0.25, 0.3) is 0 Å². The zero-order valence-electron chi connectivity index (χ0n) is 13.3. The van der Waals surface area contributed by atoms with Crippen molar-refractivity contribution in [3.8, 4) is 0 Å². The molecule has 0 aliphatic carbocycles. The number of pyridine rings is 1. The van der Waals surface area contributed by atoms with E-state index in [4.69, 9.17) is 0 Å². The van der Waals surface area contributed by atoms with E-state index in [0.29, 0.717) is 6.04 Å². The Bertz CT molecular complexity index is 365. The summed E-state index contributed by atoms with van der Waals surface area (Å²) < 4.78 is 0. The van der Waals surface area contributed by atoms with E-state index < -0.39 is 0 Å². The summed E-state index contributed by atoms with van der Waals surface area (Å²) in [5, 5.41) is 3.39. The average molecular weight is 263 g/mol. The maximum Gasteiger partial charge on any atom is 0.128 e. The first-order chi connectivity index (χ1) is 8.86. The Morgan fingerprint density at radius 2 is 2.00 bits per heavy atom. The molecule has 1 rings (SSSR count). The molecule has 3 heteroatoms. The summed E-state index contributed by atoms with van der Waals surface area (Å²) in [6.45, 7) is 13.2. The van der Waals surface area contributed by atoms with Gasteiger partial charge in [-0.3, -0.25) is 0 Å². The van der Waals surface area contributed by atoms with E-state index in [2.05, 4.69) is 69.0 Å². The van der Waals surface area contributed by atoms with Crippen LogP contribution in [-0.4, -0.2) is 24.6 Å². The van der Waals surface area contributed by atoms with Gasteiger partial charge in [-0.1, -0.05) is 33.8 Å². The van der Waals surface area contributed by atoms with Gasteiger partial charge in [-0.25, -0.2) is 4.98 Å². The van der Waals surface area contributed by atoms with Gasteiger partial charge in [0.2, 0.25) is 0 Å². The molecule has 0 radical (unpaired) electrons. The second kappa shape index (κ2) is 6.90. The van der Waals surface area contributed by atoms with Gasteiger partial charge in [-0.05, 0) is 36.9 Å². The molecule has 0 bridgehead atoms. The third kappa shape index (κ3) is 4.83. The van der Waals surface area contributed by atoms with Gasteiger partial charge in [0.15, 0.2) is 0 Å². The van der Waals surface area contributed by atoms with Crippen LogP contribution in [0.1, 0.15) is 46.6 Å². The van der Waals surface area contributed by atoms with Gasteiger partial charge in [0.25, 0.3) is 0 Å². The van der Waals surface area contributed by atoms with Crippen LogP contribution in [0.4, 0.5) is 5.82 Å². The molecule has 0 saturated carbocycles. The van der Waals surface area contributed by atoms with Crippen LogP contribution in [-0.2, 0) is 6.54 Å². The first kappa shape index (κ1) is 16.0. The Hall–Kier alpha value is -1.09. The van der Waals surface area contributed by atoms with Gasteiger partial charge in [0.1, 0.15) is 5.82 Å². The molecular weight excluding hydrogens is 234 g/mol. The van der Waals surface area contributed by atoms with Crippen molar-refractivity contribution in [1.82, 2.24) is 10.3 Å². The molecule has 19 heavy (non-hydrogen) atoms. The molecule has 1 unspecified atom stereocenters. The minimum absolute atomic E-state index is 0.248. The number of nitrogens with zero attached hydrogens (tertiary/aromatic N) is 2. The van der Waals surface area contributed by atoms with Crippen molar-refractivity contribution >= 4 is 5.82 Å². The van der Waals surface area contributed by atoms with E-state index in [0.717, 1.165) is 25.3 Å². The molecule has 0 saturated heterocycles. The van der Waals surface area contributed by atoms with Crippen LogP contribution in [0.2, 0.25) is 0 Å². The first-order valence-electron chi connectivity index (χ1n) is 7.24. The van der Waals surface area contributed by atoms with E-state index in [1.165, 1.54) is 5.56 Å². The van der Waals surface area contributed by atoms with Crippen LogP contribution < -0.4 is 10.2 Å². The van der Waals surface area contributed by atoms with Crippen molar-refractivity contribution in [2.75, 3.05) is 18.5 Å².